The second-order valence-corrected chi connectivity index (χ2v) is 5.53. The van der Waals surface area contributed by atoms with Crippen LogP contribution in [0.3, 0.4) is 0 Å². The SMILES string of the molecule is CCCn1ccc(CNc2cc(Cl)ccc2Br)c1. The van der Waals surface area contributed by atoms with Gasteiger partial charge in [0.1, 0.15) is 0 Å². The van der Waals surface area contributed by atoms with E-state index < -0.39 is 0 Å². The first-order valence-corrected chi connectivity index (χ1v) is 7.19. The first-order chi connectivity index (χ1) is 8.69. The summed E-state index contributed by atoms with van der Waals surface area (Å²) in [6, 6.07) is 7.89. The Morgan fingerprint density at radius 1 is 1.33 bits per heavy atom. The molecule has 4 heteroatoms. The fraction of sp³-hybridized carbons (Fsp3) is 0.286. The summed E-state index contributed by atoms with van der Waals surface area (Å²) >= 11 is 9.49. The van der Waals surface area contributed by atoms with Crippen molar-refractivity contribution in [3.05, 3.63) is 51.7 Å². The molecule has 0 fully saturated rings. The fourth-order valence-electron chi connectivity index (χ4n) is 1.82. The number of hydrogen-bond donors (Lipinski definition) is 1. The maximum absolute atomic E-state index is 5.98. The molecule has 1 aromatic carbocycles. The summed E-state index contributed by atoms with van der Waals surface area (Å²) in [4.78, 5) is 0. The molecule has 1 heterocycles. The zero-order valence-corrected chi connectivity index (χ0v) is 12.6. The van der Waals surface area contributed by atoms with Gasteiger partial charge in [0.05, 0.1) is 5.69 Å². The molecule has 2 nitrogen and oxygen atoms in total. The van der Waals surface area contributed by atoms with Crippen LogP contribution < -0.4 is 5.32 Å². The van der Waals surface area contributed by atoms with Gasteiger partial charge in [-0.15, -0.1) is 0 Å². The summed E-state index contributed by atoms with van der Waals surface area (Å²) in [6.07, 6.45) is 5.45. The van der Waals surface area contributed by atoms with Crippen molar-refractivity contribution in [2.24, 2.45) is 0 Å². The molecule has 96 valence electrons. The molecule has 0 aliphatic carbocycles. The Hall–Kier alpha value is -0.930. The van der Waals surface area contributed by atoms with Gasteiger partial charge in [-0.1, -0.05) is 18.5 Å². The summed E-state index contributed by atoms with van der Waals surface area (Å²) in [6.45, 7) is 4.05. The third kappa shape index (κ3) is 3.53. The van der Waals surface area contributed by atoms with E-state index in [9.17, 15) is 0 Å². The van der Waals surface area contributed by atoms with E-state index in [1.807, 2.05) is 18.2 Å². The number of nitrogens with one attached hydrogen (secondary N) is 1. The molecular formula is C14H16BrClN2. The Labute approximate surface area is 121 Å². The highest BCUT2D eigenvalue weighted by Crippen LogP contribution is 2.26. The van der Waals surface area contributed by atoms with Crippen molar-refractivity contribution in [2.45, 2.75) is 26.4 Å². The van der Waals surface area contributed by atoms with Crippen molar-refractivity contribution in [3.63, 3.8) is 0 Å². The third-order valence-corrected chi connectivity index (χ3v) is 3.63. The molecule has 0 bridgehead atoms. The van der Waals surface area contributed by atoms with Crippen molar-refractivity contribution in [2.75, 3.05) is 5.32 Å². The summed E-state index contributed by atoms with van der Waals surface area (Å²) in [5.74, 6) is 0. The molecule has 0 aliphatic rings. The van der Waals surface area contributed by atoms with Crippen LogP contribution in [0.25, 0.3) is 0 Å². The fourth-order valence-corrected chi connectivity index (χ4v) is 2.38. The predicted molar refractivity (Wildman–Crippen MR) is 81.2 cm³/mol. The van der Waals surface area contributed by atoms with E-state index in [2.05, 4.69) is 51.2 Å². The number of hydrogen-bond acceptors (Lipinski definition) is 1. The van der Waals surface area contributed by atoms with Crippen LogP contribution in [0.15, 0.2) is 41.1 Å². The van der Waals surface area contributed by atoms with Crippen molar-refractivity contribution in [3.8, 4) is 0 Å². The van der Waals surface area contributed by atoms with E-state index >= 15 is 0 Å². The number of aryl methyl sites for hydroxylation is 1. The van der Waals surface area contributed by atoms with Gasteiger partial charge in [-0.3, -0.25) is 0 Å². The van der Waals surface area contributed by atoms with E-state index in [1.165, 1.54) is 5.56 Å². The largest absolute Gasteiger partial charge is 0.380 e. The highest BCUT2D eigenvalue weighted by Gasteiger charge is 2.01. The number of halogens is 2. The van der Waals surface area contributed by atoms with Crippen LogP contribution in [-0.2, 0) is 13.1 Å². The zero-order valence-electron chi connectivity index (χ0n) is 10.3. The molecule has 2 rings (SSSR count). The van der Waals surface area contributed by atoms with Gasteiger partial charge in [-0.25, -0.2) is 0 Å². The maximum Gasteiger partial charge on any atom is 0.0502 e. The molecule has 0 saturated carbocycles. The predicted octanol–water partition coefficient (Wildman–Crippen LogP) is 4.93. The van der Waals surface area contributed by atoms with Crippen LogP contribution >= 0.6 is 27.5 Å². The Bertz CT molecular complexity index is 522. The number of rotatable bonds is 5. The second-order valence-electron chi connectivity index (χ2n) is 4.24. The lowest BCUT2D eigenvalue weighted by atomic mass is 10.3. The van der Waals surface area contributed by atoms with E-state index in [4.69, 9.17) is 11.6 Å². The van der Waals surface area contributed by atoms with E-state index in [-0.39, 0.29) is 0 Å². The van der Waals surface area contributed by atoms with Crippen LogP contribution in [0, 0.1) is 0 Å². The third-order valence-electron chi connectivity index (χ3n) is 2.70. The summed E-state index contributed by atoms with van der Waals surface area (Å²) < 4.78 is 3.24. The smallest absolute Gasteiger partial charge is 0.0502 e. The topological polar surface area (TPSA) is 17.0 Å². The minimum atomic E-state index is 0.740. The average molecular weight is 328 g/mol. The molecule has 0 unspecified atom stereocenters. The van der Waals surface area contributed by atoms with Crippen LogP contribution in [0.4, 0.5) is 5.69 Å². The Morgan fingerprint density at radius 3 is 2.94 bits per heavy atom. The van der Waals surface area contributed by atoms with Crippen LogP contribution in [0.5, 0.6) is 0 Å². The molecule has 18 heavy (non-hydrogen) atoms. The molecule has 1 aromatic heterocycles. The molecule has 0 spiro atoms. The summed E-state index contributed by atoms with van der Waals surface area (Å²) in [5, 5.41) is 4.12. The first-order valence-electron chi connectivity index (χ1n) is 6.02. The van der Waals surface area contributed by atoms with Gasteiger partial charge in [0, 0.05) is 35.0 Å². The van der Waals surface area contributed by atoms with Crippen LogP contribution in [-0.4, -0.2) is 4.57 Å². The van der Waals surface area contributed by atoms with Crippen molar-refractivity contribution in [1.29, 1.82) is 0 Å². The Kier molecular flexibility index (Phi) is 4.72. The van der Waals surface area contributed by atoms with Gasteiger partial charge in [-0.2, -0.15) is 0 Å². The molecule has 0 amide bonds. The Morgan fingerprint density at radius 2 is 2.17 bits per heavy atom. The quantitative estimate of drug-likeness (QED) is 0.824. The minimum absolute atomic E-state index is 0.740. The maximum atomic E-state index is 5.98. The first kappa shape index (κ1) is 13.5. The number of nitrogens with zero attached hydrogens (tertiary/aromatic N) is 1. The molecule has 0 radical (unpaired) electrons. The standard InChI is InChI=1S/C14H16BrClN2/c1-2-6-18-7-5-11(10-18)9-17-14-8-12(16)3-4-13(14)15/h3-5,7-8,10,17H,2,6,9H2,1H3. The van der Waals surface area contributed by atoms with Crippen molar-refractivity contribution < 1.29 is 0 Å². The van der Waals surface area contributed by atoms with E-state index in [0.29, 0.717) is 0 Å². The molecule has 0 atom stereocenters. The van der Waals surface area contributed by atoms with Gasteiger partial charge in [-0.05, 0) is 52.2 Å². The lowest BCUT2D eigenvalue weighted by Gasteiger charge is -2.08. The van der Waals surface area contributed by atoms with Gasteiger partial charge in [0.2, 0.25) is 0 Å². The molecule has 2 aromatic rings. The van der Waals surface area contributed by atoms with Gasteiger partial charge in [0.15, 0.2) is 0 Å². The summed E-state index contributed by atoms with van der Waals surface area (Å²) in [5.41, 5.74) is 2.29. The summed E-state index contributed by atoms with van der Waals surface area (Å²) in [7, 11) is 0. The molecule has 1 N–H and O–H groups in total. The lowest BCUT2D eigenvalue weighted by molar-refractivity contribution is 0.681. The lowest BCUT2D eigenvalue weighted by Crippen LogP contribution is -1.99. The number of aromatic nitrogens is 1. The van der Waals surface area contributed by atoms with Crippen LogP contribution in [0.2, 0.25) is 5.02 Å². The van der Waals surface area contributed by atoms with E-state index in [0.717, 1.165) is 34.7 Å². The number of benzene rings is 1. The highest BCUT2D eigenvalue weighted by molar-refractivity contribution is 9.10. The van der Waals surface area contributed by atoms with Crippen molar-refractivity contribution >= 4 is 33.2 Å². The minimum Gasteiger partial charge on any atom is -0.380 e. The van der Waals surface area contributed by atoms with Crippen LogP contribution in [0.1, 0.15) is 18.9 Å². The average Bonchev–Trinajstić information content (AvgIpc) is 2.79. The van der Waals surface area contributed by atoms with Gasteiger partial charge < -0.3 is 9.88 Å². The van der Waals surface area contributed by atoms with Gasteiger partial charge >= 0.3 is 0 Å². The van der Waals surface area contributed by atoms with Crippen molar-refractivity contribution in [1.82, 2.24) is 4.57 Å². The second kappa shape index (κ2) is 6.30. The molecule has 0 aliphatic heterocycles. The monoisotopic (exact) mass is 326 g/mol. The Balaban J connectivity index is 1.99. The highest BCUT2D eigenvalue weighted by atomic mass is 79.9. The zero-order chi connectivity index (χ0) is 13.0. The van der Waals surface area contributed by atoms with E-state index in [1.54, 1.807) is 0 Å². The molecular weight excluding hydrogens is 312 g/mol. The molecule has 0 saturated heterocycles. The number of anilines is 1. The van der Waals surface area contributed by atoms with Gasteiger partial charge in [0.25, 0.3) is 0 Å². The normalized spacial score (nSPS) is 10.6.